The number of rotatable bonds is 5. The number of aromatic nitrogens is 2. The Bertz CT molecular complexity index is 534. The third-order valence-corrected chi connectivity index (χ3v) is 4.87. The number of aryl methyl sites for hydroxylation is 1. The normalized spacial score (nSPS) is 17.3. The monoisotopic (exact) mass is 339 g/mol. The molecule has 23 heavy (non-hydrogen) atoms. The Morgan fingerprint density at radius 3 is 2.61 bits per heavy atom. The fraction of sp³-hybridized carbons (Fsp3) is 0.688. The second kappa shape index (κ2) is 7.93. The van der Waals surface area contributed by atoms with Crippen LogP contribution < -0.4 is 11.5 Å². The second-order valence-electron chi connectivity index (χ2n) is 6.26. The number of carbonyl (C=O) groups is 1. The van der Waals surface area contributed by atoms with Crippen molar-refractivity contribution in [3.63, 3.8) is 0 Å². The van der Waals surface area contributed by atoms with E-state index in [1.165, 1.54) is 0 Å². The van der Waals surface area contributed by atoms with Gasteiger partial charge in [-0.2, -0.15) is 0 Å². The van der Waals surface area contributed by atoms with Gasteiger partial charge in [-0.25, -0.2) is 9.97 Å². The van der Waals surface area contributed by atoms with Crippen molar-refractivity contribution in [1.82, 2.24) is 14.9 Å². The Kier molecular flexibility index (Phi) is 6.18. The topological polar surface area (TPSA) is 98.1 Å². The minimum Gasteiger partial charge on any atom is -0.383 e. The van der Waals surface area contributed by atoms with E-state index in [2.05, 4.69) is 9.97 Å². The molecule has 6 nitrogen and oxygen atoms in total. The van der Waals surface area contributed by atoms with Gasteiger partial charge in [0.1, 0.15) is 5.82 Å². The highest BCUT2D eigenvalue weighted by Gasteiger charge is 2.25. The summed E-state index contributed by atoms with van der Waals surface area (Å²) in [6, 6.07) is -0.361. The van der Waals surface area contributed by atoms with Crippen LogP contribution in [0.5, 0.6) is 0 Å². The molecule has 1 aromatic rings. The maximum absolute atomic E-state index is 12.1. The van der Waals surface area contributed by atoms with Gasteiger partial charge >= 0.3 is 0 Å². The van der Waals surface area contributed by atoms with E-state index in [1.807, 2.05) is 18.7 Å². The number of likely N-dealkylation sites (tertiary alicyclic amines) is 1. The summed E-state index contributed by atoms with van der Waals surface area (Å²) in [5.74, 6) is 1.15. The SMILES string of the molecule is CC[C@H](N)C(=O)N1CCC(CCc2c(C)nc(Cl)nc2N)CC1. The Morgan fingerprint density at radius 1 is 1.39 bits per heavy atom. The van der Waals surface area contributed by atoms with Gasteiger partial charge in [0.05, 0.1) is 6.04 Å². The number of nitrogens with two attached hydrogens (primary N) is 2. The highest BCUT2D eigenvalue weighted by atomic mass is 35.5. The van der Waals surface area contributed by atoms with Crippen LogP contribution in [0.3, 0.4) is 0 Å². The molecule has 0 aliphatic carbocycles. The van der Waals surface area contributed by atoms with Gasteiger partial charge in [-0.1, -0.05) is 6.92 Å². The second-order valence-corrected chi connectivity index (χ2v) is 6.60. The summed E-state index contributed by atoms with van der Waals surface area (Å²) in [4.78, 5) is 22.2. The third-order valence-electron chi connectivity index (χ3n) is 4.70. The quantitative estimate of drug-likeness (QED) is 0.799. The van der Waals surface area contributed by atoms with Crippen LogP contribution in [0.2, 0.25) is 5.28 Å². The Labute approximate surface area is 142 Å². The van der Waals surface area contributed by atoms with Crippen molar-refractivity contribution in [2.75, 3.05) is 18.8 Å². The van der Waals surface area contributed by atoms with Crippen molar-refractivity contribution in [2.45, 2.75) is 52.0 Å². The highest BCUT2D eigenvalue weighted by Crippen LogP contribution is 2.25. The van der Waals surface area contributed by atoms with Crippen molar-refractivity contribution < 1.29 is 4.79 Å². The zero-order valence-corrected chi connectivity index (χ0v) is 14.6. The Balaban J connectivity index is 1.85. The van der Waals surface area contributed by atoms with Gasteiger partial charge < -0.3 is 16.4 Å². The van der Waals surface area contributed by atoms with Crippen molar-refractivity contribution in [3.05, 3.63) is 16.5 Å². The molecule has 1 aliphatic rings. The van der Waals surface area contributed by atoms with Crippen molar-refractivity contribution in [3.8, 4) is 0 Å². The first-order valence-corrected chi connectivity index (χ1v) is 8.63. The van der Waals surface area contributed by atoms with Crippen LogP contribution in [0.15, 0.2) is 0 Å². The van der Waals surface area contributed by atoms with Crippen LogP contribution in [0.1, 0.15) is 43.9 Å². The lowest BCUT2D eigenvalue weighted by Crippen LogP contribution is -2.46. The van der Waals surface area contributed by atoms with Gasteiger partial charge in [0.25, 0.3) is 0 Å². The maximum atomic E-state index is 12.1. The van der Waals surface area contributed by atoms with Gasteiger partial charge in [-0.15, -0.1) is 0 Å². The Morgan fingerprint density at radius 2 is 2.04 bits per heavy atom. The molecular formula is C16H26ClN5O. The summed E-state index contributed by atoms with van der Waals surface area (Å²) in [7, 11) is 0. The summed E-state index contributed by atoms with van der Waals surface area (Å²) in [6.07, 6.45) is 4.58. The van der Waals surface area contributed by atoms with E-state index in [-0.39, 0.29) is 17.2 Å². The molecule has 7 heteroatoms. The molecule has 1 aromatic heterocycles. The van der Waals surface area contributed by atoms with E-state index in [0.29, 0.717) is 18.2 Å². The lowest BCUT2D eigenvalue weighted by atomic mass is 9.90. The molecule has 1 fully saturated rings. The van der Waals surface area contributed by atoms with Gasteiger partial charge in [0.2, 0.25) is 11.2 Å². The van der Waals surface area contributed by atoms with E-state index >= 15 is 0 Å². The van der Waals surface area contributed by atoms with Crippen LogP contribution in [0.4, 0.5) is 5.82 Å². The summed E-state index contributed by atoms with van der Waals surface area (Å²) >= 11 is 5.80. The lowest BCUT2D eigenvalue weighted by Gasteiger charge is -2.33. The first-order chi connectivity index (χ1) is 10.9. The molecule has 1 saturated heterocycles. The fourth-order valence-corrected chi connectivity index (χ4v) is 3.31. The van der Waals surface area contributed by atoms with E-state index in [0.717, 1.165) is 50.0 Å². The van der Waals surface area contributed by atoms with Gasteiger partial charge in [-0.3, -0.25) is 4.79 Å². The molecule has 0 unspecified atom stereocenters. The molecule has 0 radical (unpaired) electrons. The van der Waals surface area contributed by atoms with Crippen molar-refractivity contribution in [1.29, 1.82) is 0 Å². The standard InChI is InChI=1S/C16H26ClN5O/c1-3-13(18)15(23)22-8-6-11(7-9-22)4-5-12-10(2)20-16(17)21-14(12)19/h11,13H,3-9,18H2,1-2H3,(H2,19,20,21)/t13-/m0/s1. The summed E-state index contributed by atoms with van der Waals surface area (Å²) in [5.41, 5.74) is 13.6. The predicted octanol–water partition coefficient (Wildman–Crippen LogP) is 1.93. The minimum atomic E-state index is -0.361. The molecule has 0 aromatic carbocycles. The fourth-order valence-electron chi connectivity index (χ4n) is 3.09. The largest absolute Gasteiger partial charge is 0.383 e. The van der Waals surface area contributed by atoms with Gasteiger partial charge in [0, 0.05) is 24.3 Å². The van der Waals surface area contributed by atoms with E-state index < -0.39 is 0 Å². The van der Waals surface area contributed by atoms with Crippen LogP contribution in [-0.2, 0) is 11.2 Å². The first kappa shape index (κ1) is 17.9. The number of piperidine rings is 1. The van der Waals surface area contributed by atoms with Crippen molar-refractivity contribution in [2.24, 2.45) is 11.7 Å². The van der Waals surface area contributed by atoms with E-state index in [9.17, 15) is 4.79 Å². The van der Waals surface area contributed by atoms with Crippen LogP contribution >= 0.6 is 11.6 Å². The Hall–Kier alpha value is -1.40. The number of hydrogen-bond donors (Lipinski definition) is 2. The summed E-state index contributed by atoms with van der Waals surface area (Å²) in [6.45, 7) is 5.44. The molecule has 2 rings (SSSR count). The first-order valence-electron chi connectivity index (χ1n) is 8.25. The molecule has 0 bridgehead atoms. The molecule has 1 aliphatic heterocycles. The average Bonchev–Trinajstić information content (AvgIpc) is 2.53. The van der Waals surface area contributed by atoms with E-state index in [4.69, 9.17) is 23.1 Å². The zero-order chi connectivity index (χ0) is 17.0. The number of carbonyl (C=O) groups excluding carboxylic acids is 1. The molecular weight excluding hydrogens is 314 g/mol. The van der Waals surface area contributed by atoms with Crippen LogP contribution in [-0.4, -0.2) is 39.9 Å². The van der Waals surface area contributed by atoms with E-state index in [1.54, 1.807) is 0 Å². The molecule has 128 valence electrons. The predicted molar refractivity (Wildman–Crippen MR) is 92.1 cm³/mol. The number of nitrogens with zero attached hydrogens (tertiary/aromatic N) is 3. The maximum Gasteiger partial charge on any atom is 0.239 e. The minimum absolute atomic E-state index is 0.0807. The molecule has 1 atom stereocenters. The van der Waals surface area contributed by atoms with Crippen molar-refractivity contribution >= 4 is 23.3 Å². The van der Waals surface area contributed by atoms with Gasteiger partial charge in [-0.05, 0) is 56.5 Å². The summed E-state index contributed by atoms with van der Waals surface area (Å²) in [5, 5.41) is 0.197. The number of halogens is 1. The number of amides is 1. The highest BCUT2D eigenvalue weighted by molar-refractivity contribution is 6.28. The zero-order valence-electron chi connectivity index (χ0n) is 13.9. The lowest BCUT2D eigenvalue weighted by molar-refractivity contribution is -0.134. The molecule has 2 heterocycles. The molecule has 0 spiro atoms. The van der Waals surface area contributed by atoms with Crippen LogP contribution in [0, 0.1) is 12.8 Å². The number of nitrogen functional groups attached to an aromatic ring is 1. The number of hydrogen-bond acceptors (Lipinski definition) is 5. The smallest absolute Gasteiger partial charge is 0.239 e. The van der Waals surface area contributed by atoms with Crippen LogP contribution in [0.25, 0.3) is 0 Å². The molecule has 4 N–H and O–H groups in total. The molecule has 0 saturated carbocycles. The third kappa shape index (κ3) is 4.54. The van der Waals surface area contributed by atoms with Gasteiger partial charge in [0.15, 0.2) is 0 Å². The summed E-state index contributed by atoms with van der Waals surface area (Å²) < 4.78 is 0. The molecule has 1 amide bonds. The average molecular weight is 340 g/mol. The number of anilines is 1.